The molecule has 0 spiro atoms. The van der Waals surface area contributed by atoms with Crippen molar-refractivity contribution in [1.82, 2.24) is 29.7 Å². The van der Waals surface area contributed by atoms with Crippen molar-refractivity contribution in [2.45, 2.75) is 24.4 Å². The van der Waals surface area contributed by atoms with Crippen LogP contribution in [0.1, 0.15) is 16.8 Å². The molecular formula is C17H23N7O2S. The predicted octanol–water partition coefficient (Wildman–Crippen LogP) is 0.441. The van der Waals surface area contributed by atoms with Crippen LogP contribution in [-0.4, -0.2) is 44.6 Å². The fourth-order valence-electron chi connectivity index (χ4n) is 2.86. The van der Waals surface area contributed by atoms with Gasteiger partial charge in [0, 0.05) is 51.7 Å². The maximum absolute atomic E-state index is 11.4. The average molecular weight is 389 g/mol. The first-order valence-electron chi connectivity index (χ1n) is 8.46. The van der Waals surface area contributed by atoms with Gasteiger partial charge >= 0.3 is 0 Å². The number of aryl methyl sites for hydroxylation is 2. The van der Waals surface area contributed by atoms with E-state index in [1.54, 1.807) is 33.6 Å². The van der Waals surface area contributed by atoms with Gasteiger partial charge in [0.2, 0.25) is 10.0 Å². The Morgan fingerprint density at radius 2 is 1.78 bits per heavy atom. The van der Waals surface area contributed by atoms with Gasteiger partial charge in [0.15, 0.2) is 0 Å². The topological polar surface area (TPSA) is 112 Å². The number of hydrogen-bond acceptors (Lipinski definition) is 6. The molecule has 0 amide bonds. The molecule has 3 aromatic rings. The van der Waals surface area contributed by atoms with Gasteiger partial charge in [-0.25, -0.2) is 13.6 Å². The van der Waals surface area contributed by atoms with Crippen molar-refractivity contribution in [2.24, 2.45) is 19.2 Å². The van der Waals surface area contributed by atoms with Crippen molar-refractivity contribution >= 4 is 10.0 Å². The number of benzene rings is 1. The SMILES string of the molecule is Cn1cc(CN(CCc2ccc(S(N)(=O)=O)cc2)Cc2cn(C)nn2)cn1. The zero-order valence-corrected chi connectivity index (χ0v) is 16.2. The normalized spacial score (nSPS) is 12.0. The van der Waals surface area contributed by atoms with Crippen LogP contribution >= 0.6 is 0 Å². The van der Waals surface area contributed by atoms with Gasteiger partial charge in [0.1, 0.15) is 0 Å². The van der Waals surface area contributed by atoms with Crippen LogP contribution in [0.2, 0.25) is 0 Å². The monoisotopic (exact) mass is 389 g/mol. The molecular weight excluding hydrogens is 366 g/mol. The van der Waals surface area contributed by atoms with Crippen molar-refractivity contribution in [3.8, 4) is 0 Å². The average Bonchev–Trinajstić information content (AvgIpc) is 3.20. The van der Waals surface area contributed by atoms with Gasteiger partial charge in [-0.15, -0.1) is 5.10 Å². The molecule has 0 atom stereocenters. The van der Waals surface area contributed by atoms with E-state index in [-0.39, 0.29) is 4.90 Å². The molecule has 2 aromatic heterocycles. The highest BCUT2D eigenvalue weighted by Crippen LogP contribution is 2.12. The van der Waals surface area contributed by atoms with E-state index in [0.717, 1.165) is 36.3 Å². The molecule has 0 bridgehead atoms. The van der Waals surface area contributed by atoms with E-state index < -0.39 is 10.0 Å². The summed E-state index contributed by atoms with van der Waals surface area (Å²) in [7, 11) is 0.0699. The smallest absolute Gasteiger partial charge is 0.238 e. The molecule has 0 aliphatic heterocycles. The van der Waals surface area contributed by atoms with Gasteiger partial charge in [0.25, 0.3) is 0 Å². The first-order valence-corrected chi connectivity index (χ1v) is 10.0. The molecule has 144 valence electrons. The zero-order chi connectivity index (χ0) is 19.4. The summed E-state index contributed by atoms with van der Waals surface area (Å²) < 4.78 is 26.2. The van der Waals surface area contributed by atoms with Gasteiger partial charge in [-0.05, 0) is 24.1 Å². The lowest BCUT2D eigenvalue weighted by molar-refractivity contribution is 0.257. The summed E-state index contributed by atoms with van der Waals surface area (Å²) in [6.07, 6.45) is 6.51. The number of aromatic nitrogens is 5. The minimum Gasteiger partial charge on any atom is -0.293 e. The van der Waals surface area contributed by atoms with Crippen molar-refractivity contribution in [1.29, 1.82) is 0 Å². The Kier molecular flexibility index (Phi) is 5.68. The highest BCUT2D eigenvalue weighted by Gasteiger charge is 2.12. The van der Waals surface area contributed by atoms with E-state index >= 15 is 0 Å². The second kappa shape index (κ2) is 7.99. The molecule has 3 rings (SSSR count). The highest BCUT2D eigenvalue weighted by molar-refractivity contribution is 7.89. The molecule has 10 heteroatoms. The zero-order valence-electron chi connectivity index (χ0n) is 15.4. The number of sulfonamides is 1. The first kappa shape index (κ1) is 19.2. The second-order valence-electron chi connectivity index (χ2n) is 6.56. The fraction of sp³-hybridized carbons (Fsp3) is 0.353. The number of primary sulfonamides is 1. The molecule has 9 nitrogen and oxygen atoms in total. The summed E-state index contributed by atoms with van der Waals surface area (Å²) in [6, 6.07) is 6.67. The Bertz CT molecular complexity index is 950. The fourth-order valence-corrected chi connectivity index (χ4v) is 3.37. The molecule has 0 fully saturated rings. The van der Waals surface area contributed by atoms with Gasteiger partial charge < -0.3 is 0 Å². The van der Waals surface area contributed by atoms with Gasteiger partial charge in [-0.3, -0.25) is 14.3 Å². The Labute approximate surface area is 158 Å². The molecule has 1 aromatic carbocycles. The lowest BCUT2D eigenvalue weighted by Crippen LogP contribution is -2.25. The van der Waals surface area contributed by atoms with E-state index in [2.05, 4.69) is 20.3 Å². The van der Waals surface area contributed by atoms with Crippen LogP contribution in [0.5, 0.6) is 0 Å². The van der Waals surface area contributed by atoms with Crippen LogP contribution in [0, 0.1) is 0 Å². The van der Waals surface area contributed by atoms with E-state index in [0.29, 0.717) is 6.54 Å². The van der Waals surface area contributed by atoms with Crippen LogP contribution in [0.15, 0.2) is 47.8 Å². The molecule has 0 aliphatic carbocycles. The summed E-state index contributed by atoms with van der Waals surface area (Å²) in [5, 5.41) is 17.5. The maximum Gasteiger partial charge on any atom is 0.238 e. The van der Waals surface area contributed by atoms with Crippen LogP contribution in [-0.2, 0) is 43.6 Å². The maximum atomic E-state index is 11.4. The van der Waals surface area contributed by atoms with Gasteiger partial charge in [-0.1, -0.05) is 17.3 Å². The van der Waals surface area contributed by atoms with Crippen molar-refractivity contribution in [3.05, 3.63) is 59.7 Å². The molecule has 2 N–H and O–H groups in total. The van der Waals surface area contributed by atoms with E-state index in [1.165, 1.54) is 0 Å². The number of nitrogens with zero attached hydrogens (tertiary/aromatic N) is 6. The third-order valence-electron chi connectivity index (χ3n) is 4.17. The summed E-state index contributed by atoms with van der Waals surface area (Å²) in [5.41, 5.74) is 3.05. The molecule has 2 heterocycles. The second-order valence-corrected chi connectivity index (χ2v) is 8.12. The number of hydrogen-bond donors (Lipinski definition) is 1. The molecule has 27 heavy (non-hydrogen) atoms. The largest absolute Gasteiger partial charge is 0.293 e. The molecule has 0 aliphatic rings. The predicted molar refractivity (Wildman–Crippen MR) is 99.8 cm³/mol. The van der Waals surface area contributed by atoms with Gasteiger partial charge in [0.05, 0.1) is 16.8 Å². The number of nitrogens with two attached hydrogens (primary N) is 1. The quantitative estimate of drug-likeness (QED) is 0.598. The highest BCUT2D eigenvalue weighted by atomic mass is 32.2. The van der Waals surface area contributed by atoms with E-state index in [4.69, 9.17) is 5.14 Å². The summed E-state index contributed by atoms with van der Waals surface area (Å²) in [5.74, 6) is 0. The Hall–Kier alpha value is -2.56. The standard InChI is InChI=1S/C17H23N7O2S/c1-22-10-15(9-19-22)11-24(13-16-12-23(2)21-20-16)8-7-14-3-5-17(6-4-14)27(18,25)26/h3-6,9-10,12H,7-8,11,13H2,1-2H3,(H2,18,25,26). The third-order valence-corrected chi connectivity index (χ3v) is 5.10. The minimum atomic E-state index is -3.66. The van der Waals surface area contributed by atoms with Crippen LogP contribution in [0.25, 0.3) is 0 Å². The van der Waals surface area contributed by atoms with Crippen molar-refractivity contribution in [2.75, 3.05) is 6.54 Å². The number of rotatable bonds is 8. The van der Waals surface area contributed by atoms with Crippen LogP contribution < -0.4 is 5.14 Å². The molecule has 0 saturated heterocycles. The molecule has 0 saturated carbocycles. The van der Waals surface area contributed by atoms with Crippen LogP contribution in [0.4, 0.5) is 0 Å². The van der Waals surface area contributed by atoms with Crippen molar-refractivity contribution in [3.63, 3.8) is 0 Å². The molecule has 0 unspecified atom stereocenters. The van der Waals surface area contributed by atoms with Crippen molar-refractivity contribution < 1.29 is 8.42 Å². The van der Waals surface area contributed by atoms with E-state index in [1.807, 2.05) is 32.7 Å². The minimum absolute atomic E-state index is 0.123. The van der Waals surface area contributed by atoms with E-state index in [9.17, 15) is 8.42 Å². The van der Waals surface area contributed by atoms with Gasteiger partial charge in [-0.2, -0.15) is 5.10 Å². The lowest BCUT2D eigenvalue weighted by Gasteiger charge is -2.20. The first-order chi connectivity index (χ1) is 12.8. The third kappa shape index (κ3) is 5.46. The Balaban J connectivity index is 1.68. The Morgan fingerprint density at radius 1 is 1.04 bits per heavy atom. The lowest BCUT2D eigenvalue weighted by atomic mass is 10.1. The Morgan fingerprint density at radius 3 is 2.33 bits per heavy atom. The summed E-state index contributed by atoms with van der Waals surface area (Å²) >= 11 is 0. The summed E-state index contributed by atoms with van der Waals surface area (Å²) in [6.45, 7) is 2.18. The van der Waals surface area contributed by atoms with Crippen LogP contribution in [0.3, 0.4) is 0 Å². The summed E-state index contributed by atoms with van der Waals surface area (Å²) in [4.78, 5) is 2.38. The molecule has 0 radical (unpaired) electrons.